The van der Waals surface area contributed by atoms with Gasteiger partial charge in [0.2, 0.25) is 0 Å². The van der Waals surface area contributed by atoms with Crippen molar-refractivity contribution in [2.45, 2.75) is 42.4 Å². The van der Waals surface area contributed by atoms with E-state index >= 15 is 0 Å². The van der Waals surface area contributed by atoms with E-state index in [0.29, 0.717) is 35.8 Å². The highest BCUT2D eigenvalue weighted by Crippen LogP contribution is 2.35. The molecule has 0 N–H and O–H groups in total. The summed E-state index contributed by atoms with van der Waals surface area (Å²) in [6.45, 7) is 9.57. The van der Waals surface area contributed by atoms with Gasteiger partial charge in [-0.25, -0.2) is 9.59 Å². The highest BCUT2D eigenvalue weighted by atomic mass is 127. The summed E-state index contributed by atoms with van der Waals surface area (Å²) in [6.07, 6.45) is 0. The molecule has 0 aliphatic carbocycles. The van der Waals surface area contributed by atoms with Crippen molar-refractivity contribution in [1.82, 2.24) is 0 Å². The molecular formula is C48H42I5O8S+. The number of carbonyl (C=O) groups is 2. The van der Waals surface area contributed by atoms with E-state index in [4.69, 9.17) is 28.4 Å². The molecule has 0 amide bonds. The lowest BCUT2D eigenvalue weighted by molar-refractivity contribution is 0.0440. The van der Waals surface area contributed by atoms with Crippen LogP contribution in [0, 0.1) is 45.5 Å². The van der Waals surface area contributed by atoms with Crippen LogP contribution in [0.15, 0.2) is 124 Å². The molecule has 0 spiro atoms. The molecular weight excluding hydrogens is 1370 g/mol. The topological polar surface area (TPSA) is 89.5 Å². The first-order valence-electron chi connectivity index (χ1n) is 19.4. The Bertz CT molecular complexity index is 2390. The molecule has 0 saturated heterocycles. The molecule has 0 fully saturated rings. The number of aryl methyl sites for hydroxylation is 3. The Kier molecular flexibility index (Phi) is 18.6. The van der Waals surface area contributed by atoms with Gasteiger partial charge in [-0.3, -0.25) is 0 Å². The van der Waals surface area contributed by atoms with Crippen molar-refractivity contribution in [3.05, 3.63) is 160 Å². The second-order valence-electron chi connectivity index (χ2n) is 13.8. The second-order valence-corrected chi connectivity index (χ2v) is 21.5. The van der Waals surface area contributed by atoms with Crippen LogP contribution in [0.1, 0.15) is 43.0 Å². The molecule has 0 bridgehead atoms. The molecule has 0 aliphatic rings. The molecule has 6 aromatic carbocycles. The largest absolute Gasteiger partial charge is 0.490 e. The molecule has 322 valence electrons. The lowest BCUT2D eigenvalue weighted by atomic mass is 10.1. The van der Waals surface area contributed by atoms with E-state index in [-0.39, 0.29) is 38.4 Å². The summed E-state index contributed by atoms with van der Waals surface area (Å²) in [4.78, 5) is 29.0. The van der Waals surface area contributed by atoms with Crippen LogP contribution in [0.4, 0.5) is 0 Å². The van der Waals surface area contributed by atoms with E-state index in [9.17, 15) is 9.59 Å². The maximum Gasteiger partial charge on any atom is 0.340 e. The number of hydrogen-bond donors (Lipinski definition) is 0. The predicted octanol–water partition coefficient (Wildman–Crippen LogP) is 13.0. The Hall–Kier alpha value is -2.54. The van der Waals surface area contributed by atoms with Crippen LogP contribution in [-0.2, 0) is 20.4 Å². The summed E-state index contributed by atoms with van der Waals surface area (Å²) >= 11 is 11.1. The van der Waals surface area contributed by atoms with Crippen molar-refractivity contribution in [2.75, 3.05) is 39.6 Å². The first-order valence-corrected chi connectivity index (χ1v) is 26.0. The molecule has 0 saturated carbocycles. The number of benzene rings is 6. The smallest absolute Gasteiger partial charge is 0.340 e. The molecule has 0 aliphatic heterocycles. The summed E-state index contributed by atoms with van der Waals surface area (Å²) in [5.41, 5.74) is 5.42. The van der Waals surface area contributed by atoms with Gasteiger partial charge in [-0.05, 0) is 254 Å². The van der Waals surface area contributed by atoms with Gasteiger partial charge in [0.05, 0.1) is 25.6 Å². The van der Waals surface area contributed by atoms with Gasteiger partial charge in [-0.2, -0.15) is 0 Å². The lowest BCUT2D eigenvalue weighted by Gasteiger charge is -2.14. The van der Waals surface area contributed by atoms with Crippen LogP contribution in [0.2, 0.25) is 0 Å². The summed E-state index contributed by atoms with van der Waals surface area (Å²) < 4.78 is 40.1. The van der Waals surface area contributed by atoms with Crippen LogP contribution in [0.5, 0.6) is 23.0 Å². The molecule has 1 unspecified atom stereocenters. The monoisotopic (exact) mass is 1410 g/mol. The van der Waals surface area contributed by atoms with Crippen LogP contribution in [0.25, 0.3) is 0 Å². The van der Waals surface area contributed by atoms with Gasteiger partial charge in [-0.1, -0.05) is 18.2 Å². The molecule has 14 heteroatoms. The summed E-state index contributed by atoms with van der Waals surface area (Å²) in [5, 5.41) is 0. The maximum absolute atomic E-state index is 12.9. The van der Waals surface area contributed by atoms with Crippen LogP contribution < -0.4 is 18.9 Å². The zero-order valence-electron chi connectivity index (χ0n) is 34.2. The molecule has 8 nitrogen and oxygen atoms in total. The minimum absolute atomic E-state index is 0.124. The van der Waals surface area contributed by atoms with E-state index in [1.807, 2.05) is 74.5 Å². The number of esters is 2. The molecule has 6 rings (SSSR count). The fourth-order valence-corrected chi connectivity index (χ4v) is 12.1. The summed E-state index contributed by atoms with van der Waals surface area (Å²) in [6, 6.07) is 36.2. The molecule has 0 heterocycles. The second kappa shape index (κ2) is 23.6. The van der Waals surface area contributed by atoms with Gasteiger partial charge in [0.1, 0.15) is 62.6 Å². The van der Waals surface area contributed by atoms with E-state index in [1.54, 1.807) is 0 Å². The predicted molar refractivity (Wildman–Crippen MR) is 286 cm³/mol. The fourth-order valence-electron chi connectivity index (χ4n) is 6.14. The maximum atomic E-state index is 12.9. The number of halogens is 5. The van der Waals surface area contributed by atoms with E-state index in [1.165, 1.54) is 5.56 Å². The van der Waals surface area contributed by atoms with Crippen LogP contribution in [-0.4, -0.2) is 51.6 Å². The van der Waals surface area contributed by atoms with Gasteiger partial charge in [0, 0.05) is 14.3 Å². The standard InChI is InChI=1S/C48H42I5O8S/c1-29-5-22-41(51)46(32(29)4)59-26-23-56-33-8-14-36(15-9-33)62(37-16-10-34(11-17-37)57-24-27-60-47(54)42-30(2)6-21-40(50)45(42)53)38-18-12-35(13-19-38)58-25-28-61-48(55)43-39(49)20-7-31(3)44(43)52/h5-22H,23-28H2,1-4H3/q+1. The zero-order valence-corrected chi connectivity index (χ0v) is 45.8. The first kappa shape index (κ1) is 48.9. The van der Waals surface area contributed by atoms with Crippen LogP contribution >= 0.6 is 113 Å². The molecule has 62 heavy (non-hydrogen) atoms. The Morgan fingerprint density at radius 1 is 0.419 bits per heavy atom. The van der Waals surface area contributed by atoms with E-state index < -0.39 is 10.9 Å². The first-order chi connectivity index (χ1) is 29.8. The summed E-state index contributed by atoms with van der Waals surface area (Å²) in [5.74, 6) is 2.29. The molecule has 6 aromatic rings. The van der Waals surface area contributed by atoms with Crippen molar-refractivity contribution >= 4 is 136 Å². The van der Waals surface area contributed by atoms with Gasteiger partial charge >= 0.3 is 11.9 Å². The van der Waals surface area contributed by atoms with Crippen molar-refractivity contribution in [1.29, 1.82) is 0 Å². The molecule has 1 atom stereocenters. The van der Waals surface area contributed by atoms with E-state index in [2.05, 4.69) is 175 Å². The van der Waals surface area contributed by atoms with Crippen molar-refractivity contribution in [3.8, 4) is 23.0 Å². The fraction of sp³-hybridized carbons (Fsp3) is 0.208. The zero-order chi connectivity index (χ0) is 44.3. The lowest BCUT2D eigenvalue weighted by Crippen LogP contribution is -2.15. The number of rotatable bonds is 18. The third kappa shape index (κ3) is 12.8. The third-order valence-corrected chi connectivity index (χ3v) is 18.0. The minimum Gasteiger partial charge on any atom is -0.490 e. The van der Waals surface area contributed by atoms with Crippen molar-refractivity contribution in [2.24, 2.45) is 0 Å². The van der Waals surface area contributed by atoms with Gasteiger partial charge < -0.3 is 28.4 Å². The van der Waals surface area contributed by atoms with Crippen molar-refractivity contribution < 1.29 is 38.0 Å². The molecule has 0 aromatic heterocycles. The van der Waals surface area contributed by atoms with Gasteiger partial charge in [0.15, 0.2) is 14.7 Å². The van der Waals surface area contributed by atoms with E-state index in [0.717, 1.165) is 60.7 Å². The highest BCUT2D eigenvalue weighted by molar-refractivity contribution is 14.1. The number of hydrogen-bond acceptors (Lipinski definition) is 8. The Morgan fingerprint density at radius 3 is 1.34 bits per heavy atom. The van der Waals surface area contributed by atoms with Crippen molar-refractivity contribution in [3.63, 3.8) is 0 Å². The highest BCUT2D eigenvalue weighted by Gasteiger charge is 2.29. The quantitative estimate of drug-likeness (QED) is 0.0364. The Morgan fingerprint density at radius 2 is 0.823 bits per heavy atom. The van der Waals surface area contributed by atoms with Gasteiger partial charge in [0.25, 0.3) is 0 Å². The van der Waals surface area contributed by atoms with Gasteiger partial charge in [-0.15, -0.1) is 0 Å². The SMILES string of the molecule is Cc1ccc(I)c(OCCOc2ccc([S+](c3ccc(OCCOC(=O)c4c(C)ccc(I)c4I)cc3)c3ccc(OCCOC(=O)c4c(I)ccc(C)c4I)cc3)cc2)c1C. The van der Waals surface area contributed by atoms with Crippen LogP contribution in [0.3, 0.4) is 0 Å². The Labute approximate surface area is 434 Å². The number of carbonyl (C=O) groups excluding carboxylic acids is 2. The summed E-state index contributed by atoms with van der Waals surface area (Å²) in [7, 11) is -0.496. The average Bonchev–Trinajstić information content (AvgIpc) is 3.26. The normalized spacial score (nSPS) is 11.4. The Balaban J connectivity index is 1.10. The number of ether oxygens (including phenoxy) is 6. The minimum atomic E-state index is -0.496. The molecule has 0 radical (unpaired) electrons. The third-order valence-electron chi connectivity index (χ3n) is 9.57. The average molecular weight is 1410 g/mol.